The maximum Gasteiger partial charge on any atom is 0.279 e. The molecule has 1 aliphatic heterocycles. The van der Waals surface area contributed by atoms with Crippen LogP contribution in [0.2, 0.25) is 0 Å². The van der Waals surface area contributed by atoms with E-state index in [2.05, 4.69) is 0 Å². The molecule has 1 aromatic carbocycles. The third-order valence-corrected chi connectivity index (χ3v) is 2.55. The molecule has 1 saturated heterocycles. The van der Waals surface area contributed by atoms with Crippen LogP contribution in [-0.2, 0) is 10.3 Å². The first-order valence-electron chi connectivity index (χ1n) is 4.54. The Kier molecular flexibility index (Phi) is 2.12. The number of methoxy groups -OCH3 is 1. The van der Waals surface area contributed by atoms with Crippen molar-refractivity contribution in [3.63, 3.8) is 0 Å². The summed E-state index contributed by atoms with van der Waals surface area (Å²) in [5.74, 6) is 0.481. The number of nitro groups is 1. The minimum Gasteiger partial charge on any atom is -0.497 e. The van der Waals surface area contributed by atoms with E-state index in [1.54, 1.807) is 12.1 Å². The first kappa shape index (κ1) is 9.92. The molecule has 0 aliphatic carbocycles. The number of benzene rings is 1. The van der Waals surface area contributed by atoms with Crippen LogP contribution in [-0.4, -0.2) is 18.6 Å². The van der Waals surface area contributed by atoms with Gasteiger partial charge in [0.2, 0.25) is 0 Å². The van der Waals surface area contributed by atoms with Crippen molar-refractivity contribution in [2.24, 2.45) is 0 Å². The molecule has 0 N–H and O–H groups in total. The topological polar surface area (TPSA) is 64.9 Å². The van der Waals surface area contributed by atoms with Gasteiger partial charge >= 0.3 is 0 Å². The summed E-state index contributed by atoms with van der Waals surface area (Å²) in [6, 6.07) is 4.81. The highest BCUT2D eigenvalue weighted by molar-refractivity contribution is 5.50. The number of rotatable bonds is 3. The molecular formula is C10H11NO4. The normalized spacial score (nSPS) is 23.6. The van der Waals surface area contributed by atoms with Gasteiger partial charge in [-0.15, -0.1) is 0 Å². The van der Waals surface area contributed by atoms with Crippen molar-refractivity contribution in [2.75, 3.05) is 13.7 Å². The first-order chi connectivity index (χ1) is 7.07. The molecule has 0 radical (unpaired) electrons. The molecule has 1 heterocycles. The molecule has 1 unspecified atom stereocenters. The standard InChI is InChI=1S/C10H11NO4/c1-10(6-15-10)8-4-3-7(14-2)5-9(8)11(12)13/h3-5H,6H2,1-2H3. The third kappa shape index (κ3) is 1.66. The Balaban J connectivity index is 2.50. The molecule has 80 valence electrons. The average Bonchev–Trinajstić information content (AvgIpc) is 2.96. The van der Waals surface area contributed by atoms with Gasteiger partial charge in [-0.2, -0.15) is 0 Å². The van der Waals surface area contributed by atoms with Crippen LogP contribution in [0, 0.1) is 10.1 Å². The Labute approximate surface area is 86.8 Å². The van der Waals surface area contributed by atoms with Crippen molar-refractivity contribution >= 4 is 5.69 Å². The predicted molar refractivity (Wildman–Crippen MR) is 53.0 cm³/mol. The quantitative estimate of drug-likeness (QED) is 0.433. The van der Waals surface area contributed by atoms with E-state index in [-0.39, 0.29) is 5.69 Å². The summed E-state index contributed by atoms with van der Waals surface area (Å²) in [7, 11) is 1.48. The number of nitrogens with zero attached hydrogens (tertiary/aromatic N) is 1. The zero-order valence-corrected chi connectivity index (χ0v) is 8.52. The van der Waals surface area contributed by atoms with E-state index >= 15 is 0 Å². The summed E-state index contributed by atoms with van der Waals surface area (Å²) in [4.78, 5) is 10.4. The number of epoxide rings is 1. The minimum atomic E-state index is -0.491. The molecule has 1 fully saturated rings. The van der Waals surface area contributed by atoms with Gasteiger partial charge in [0.05, 0.1) is 30.3 Å². The molecule has 0 saturated carbocycles. The molecule has 1 aromatic rings. The van der Waals surface area contributed by atoms with Crippen LogP contribution in [0.1, 0.15) is 12.5 Å². The fourth-order valence-corrected chi connectivity index (χ4v) is 1.50. The molecule has 15 heavy (non-hydrogen) atoms. The van der Waals surface area contributed by atoms with Gasteiger partial charge in [0, 0.05) is 0 Å². The molecule has 0 amide bonds. The van der Waals surface area contributed by atoms with Gasteiger partial charge < -0.3 is 9.47 Å². The zero-order valence-electron chi connectivity index (χ0n) is 8.52. The Morgan fingerprint density at radius 1 is 1.60 bits per heavy atom. The van der Waals surface area contributed by atoms with Crippen molar-refractivity contribution in [1.29, 1.82) is 0 Å². The van der Waals surface area contributed by atoms with Crippen LogP contribution in [0.25, 0.3) is 0 Å². The van der Waals surface area contributed by atoms with Crippen molar-refractivity contribution in [3.8, 4) is 5.75 Å². The molecule has 5 nitrogen and oxygen atoms in total. The lowest BCUT2D eigenvalue weighted by Crippen LogP contribution is -2.06. The number of hydrogen-bond acceptors (Lipinski definition) is 4. The Bertz CT molecular complexity index is 412. The fraction of sp³-hybridized carbons (Fsp3) is 0.400. The van der Waals surface area contributed by atoms with E-state index in [1.807, 2.05) is 6.92 Å². The lowest BCUT2D eigenvalue weighted by Gasteiger charge is -2.07. The van der Waals surface area contributed by atoms with Crippen molar-refractivity contribution < 1.29 is 14.4 Å². The molecule has 0 bridgehead atoms. The Morgan fingerprint density at radius 3 is 2.73 bits per heavy atom. The van der Waals surface area contributed by atoms with E-state index in [4.69, 9.17) is 9.47 Å². The zero-order chi connectivity index (χ0) is 11.1. The van der Waals surface area contributed by atoms with Gasteiger partial charge in [-0.25, -0.2) is 0 Å². The second-order valence-electron chi connectivity index (χ2n) is 3.66. The largest absolute Gasteiger partial charge is 0.497 e. The lowest BCUT2D eigenvalue weighted by atomic mass is 10.00. The summed E-state index contributed by atoms with van der Waals surface area (Å²) in [6.07, 6.45) is 0. The van der Waals surface area contributed by atoms with Crippen molar-refractivity contribution in [1.82, 2.24) is 0 Å². The van der Waals surface area contributed by atoms with Gasteiger partial charge in [0.25, 0.3) is 5.69 Å². The molecular weight excluding hydrogens is 198 g/mol. The smallest absolute Gasteiger partial charge is 0.279 e. The van der Waals surface area contributed by atoms with Crippen LogP contribution in [0.3, 0.4) is 0 Å². The van der Waals surface area contributed by atoms with E-state index in [1.165, 1.54) is 13.2 Å². The highest BCUT2D eigenvalue weighted by Gasteiger charge is 2.45. The highest BCUT2D eigenvalue weighted by Crippen LogP contribution is 2.43. The predicted octanol–water partition coefficient (Wildman–Crippen LogP) is 1.85. The van der Waals surface area contributed by atoms with E-state index in [9.17, 15) is 10.1 Å². The van der Waals surface area contributed by atoms with Gasteiger partial charge in [-0.1, -0.05) is 0 Å². The summed E-state index contributed by atoms with van der Waals surface area (Å²) in [5.41, 5.74) is 0.164. The second kappa shape index (κ2) is 3.20. The summed E-state index contributed by atoms with van der Waals surface area (Å²) in [5, 5.41) is 10.9. The highest BCUT2D eigenvalue weighted by atomic mass is 16.6. The first-order valence-corrected chi connectivity index (χ1v) is 4.54. The van der Waals surface area contributed by atoms with Crippen LogP contribution >= 0.6 is 0 Å². The van der Waals surface area contributed by atoms with E-state index in [0.29, 0.717) is 17.9 Å². The molecule has 1 aliphatic rings. The molecule has 2 rings (SSSR count). The second-order valence-corrected chi connectivity index (χ2v) is 3.66. The lowest BCUT2D eigenvalue weighted by molar-refractivity contribution is -0.386. The van der Waals surface area contributed by atoms with Crippen LogP contribution in [0.4, 0.5) is 5.69 Å². The summed E-state index contributed by atoms with van der Waals surface area (Å²) >= 11 is 0. The Hall–Kier alpha value is -1.62. The van der Waals surface area contributed by atoms with Gasteiger partial charge in [0.1, 0.15) is 11.4 Å². The third-order valence-electron chi connectivity index (χ3n) is 2.55. The van der Waals surface area contributed by atoms with Crippen LogP contribution in [0.15, 0.2) is 18.2 Å². The molecule has 5 heteroatoms. The van der Waals surface area contributed by atoms with Gasteiger partial charge in [-0.3, -0.25) is 10.1 Å². The van der Waals surface area contributed by atoms with E-state index < -0.39 is 10.5 Å². The fourth-order valence-electron chi connectivity index (χ4n) is 1.50. The van der Waals surface area contributed by atoms with Crippen LogP contribution < -0.4 is 4.74 Å². The molecule has 0 aromatic heterocycles. The SMILES string of the molecule is COc1ccc(C2(C)CO2)c([N+](=O)[O-])c1. The average molecular weight is 209 g/mol. The van der Waals surface area contributed by atoms with Crippen LogP contribution in [0.5, 0.6) is 5.75 Å². The molecule has 0 spiro atoms. The van der Waals surface area contributed by atoms with Crippen molar-refractivity contribution in [2.45, 2.75) is 12.5 Å². The Morgan fingerprint density at radius 2 is 2.27 bits per heavy atom. The maximum atomic E-state index is 10.9. The maximum absolute atomic E-state index is 10.9. The summed E-state index contributed by atoms with van der Waals surface area (Å²) < 4.78 is 10.1. The van der Waals surface area contributed by atoms with Gasteiger partial charge in [-0.05, 0) is 19.1 Å². The number of nitro benzene ring substituents is 1. The minimum absolute atomic E-state index is 0.0503. The summed E-state index contributed by atoms with van der Waals surface area (Å²) in [6.45, 7) is 2.36. The monoisotopic (exact) mass is 209 g/mol. The number of hydrogen-bond donors (Lipinski definition) is 0. The van der Waals surface area contributed by atoms with Gasteiger partial charge in [0.15, 0.2) is 0 Å². The van der Waals surface area contributed by atoms with E-state index in [0.717, 1.165) is 0 Å². The van der Waals surface area contributed by atoms with Crippen molar-refractivity contribution in [3.05, 3.63) is 33.9 Å². The molecule has 1 atom stereocenters. The number of ether oxygens (including phenoxy) is 2.